The molecule has 0 aromatic heterocycles. The van der Waals surface area contributed by atoms with Gasteiger partial charge in [0.25, 0.3) is 11.4 Å². The number of nitrogens with zero attached hydrogens (tertiary/aromatic N) is 10. The minimum Gasteiger partial charge on any atom is -0.550 e. The first-order chi connectivity index (χ1) is 34.4. The number of benzene rings is 5. The molecular formula is C47H47ClN11Na2O16+. The van der Waals surface area contributed by atoms with E-state index in [4.69, 9.17) is 46.5 Å². The van der Waals surface area contributed by atoms with Crippen molar-refractivity contribution in [1.29, 1.82) is 5.39 Å². The molecule has 7 rings (SSSR count). The second-order valence-electron chi connectivity index (χ2n) is 16.2. The van der Waals surface area contributed by atoms with Gasteiger partial charge in [0.05, 0.1) is 37.1 Å². The number of allylic oxidation sites excluding steroid dienone is 2. The number of diazo groups is 1. The molecule has 394 valence electrons. The van der Waals surface area contributed by atoms with E-state index in [1.54, 1.807) is 6.07 Å². The summed E-state index contributed by atoms with van der Waals surface area (Å²) in [5, 5.41) is 92.3. The van der Waals surface area contributed by atoms with Gasteiger partial charge < -0.3 is 50.9 Å². The second-order valence-corrected chi connectivity index (χ2v) is 16.2. The van der Waals surface area contributed by atoms with E-state index in [1.807, 2.05) is 24.1 Å². The van der Waals surface area contributed by atoms with Crippen LogP contribution in [0.15, 0.2) is 137 Å². The fourth-order valence-corrected chi connectivity index (χ4v) is 6.84. The molecule has 0 aliphatic carbocycles. The van der Waals surface area contributed by atoms with Crippen molar-refractivity contribution < 1.29 is 113 Å². The Balaban J connectivity index is 0. The molecule has 5 N–H and O–H groups in total. The van der Waals surface area contributed by atoms with Gasteiger partial charge in [0.1, 0.15) is 5.69 Å². The molecule has 30 heteroatoms. The molecule has 0 saturated carbocycles. The van der Waals surface area contributed by atoms with E-state index in [1.165, 1.54) is 41.2 Å². The topological polar surface area (TPSA) is 419 Å². The summed E-state index contributed by atoms with van der Waals surface area (Å²) >= 11 is 0. The molecule has 0 bridgehead atoms. The molecule has 77 heavy (non-hydrogen) atoms. The molecule has 0 radical (unpaired) electrons. The van der Waals surface area contributed by atoms with Crippen LogP contribution in [0.5, 0.6) is 0 Å². The maximum absolute atomic E-state index is 11.2. The van der Waals surface area contributed by atoms with Crippen molar-refractivity contribution in [3.05, 3.63) is 195 Å². The number of nitrogens with two attached hydrogens (primary N) is 1. The van der Waals surface area contributed by atoms with Gasteiger partial charge in [0.15, 0.2) is 10.7 Å². The Kier molecular flexibility index (Phi) is 28.5. The van der Waals surface area contributed by atoms with Crippen molar-refractivity contribution in [2.75, 3.05) is 29.6 Å². The Bertz CT molecular complexity index is 3150. The number of halogens is 1. The Labute approximate surface area is 488 Å². The third-order valence-corrected chi connectivity index (χ3v) is 10.9. The molecule has 0 spiro atoms. The minimum absolute atomic E-state index is 0. The average molecular weight is 1100 g/mol. The molecule has 0 unspecified atom stereocenters. The van der Waals surface area contributed by atoms with E-state index < -0.39 is 50.0 Å². The largest absolute Gasteiger partial charge is 1.00 e. The number of para-hydroxylation sites is 1. The van der Waals surface area contributed by atoms with Crippen LogP contribution in [0.3, 0.4) is 0 Å². The summed E-state index contributed by atoms with van der Waals surface area (Å²) in [6.45, 7) is 17.8. The van der Waals surface area contributed by atoms with Crippen molar-refractivity contribution in [1.82, 2.24) is 0 Å². The molecule has 0 fully saturated rings. The Morgan fingerprint density at radius 1 is 0.649 bits per heavy atom. The number of aromatic carboxylic acids is 3. The van der Waals surface area contributed by atoms with Gasteiger partial charge in [-0.2, -0.15) is 5.11 Å². The number of azo groups is 1. The second kappa shape index (κ2) is 31.0. The first-order valence-corrected chi connectivity index (χ1v) is 20.7. The predicted octanol–water partition coefficient (Wildman–Crippen LogP) is 3.97. The minimum atomic E-state index is -1.28. The smallest absolute Gasteiger partial charge is 0.550 e. The summed E-state index contributed by atoms with van der Waals surface area (Å²) in [4.78, 5) is 85.4. The van der Waals surface area contributed by atoms with E-state index in [0.717, 1.165) is 59.5 Å². The van der Waals surface area contributed by atoms with Gasteiger partial charge in [-0.1, -0.05) is 59.1 Å². The Hall–Kier alpha value is -8.23. The monoisotopic (exact) mass is 1100 g/mol. The number of carbonyl (C=O) groups excluding carboxylic acids is 1. The average Bonchev–Trinajstić information content (AvgIpc) is 3.62. The summed E-state index contributed by atoms with van der Waals surface area (Å²) in [6, 6.07) is 23.9. The quantitative estimate of drug-likeness (QED) is 0.0325. The van der Waals surface area contributed by atoms with E-state index in [9.17, 15) is 44.7 Å². The van der Waals surface area contributed by atoms with Crippen LogP contribution in [-0.4, -0.2) is 68.1 Å². The van der Waals surface area contributed by atoms with E-state index >= 15 is 0 Å². The van der Waals surface area contributed by atoms with Gasteiger partial charge in [0.2, 0.25) is 5.39 Å². The number of fused-ring (bicyclic) bond motifs is 2. The zero-order valence-electron chi connectivity index (χ0n) is 42.8. The third kappa shape index (κ3) is 18.5. The molecule has 0 saturated heterocycles. The molecule has 5 aromatic carbocycles. The van der Waals surface area contributed by atoms with Crippen LogP contribution in [0.25, 0.3) is 4.98 Å². The summed E-state index contributed by atoms with van der Waals surface area (Å²) in [5.41, 5.74) is 10.3. The van der Waals surface area contributed by atoms with Crippen LogP contribution in [-0.2, 0) is 15.6 Å². The summed E-state index contributed by atoms with van der Waals surface area (Å²) in [6.07, 6.45) is 0. The molecule has 2 heterocycles. The van der Waals surface area contributed by atoms with Crippen LogP contribution in [0.2, 0.25) is 0 Å². The molecule has 2 aliphatic heterocycles. The zero-order valence-corrected chi connectivity index (χ0v) is 47.6. The number of anilines is 3. The number of carboxylic acid groups (broad SMARTS) is 4. The number of nitro benzene ring substituents is 3. The fourth-order valence-electron chi connectivity index (χ4n) is 6.84. The van der Waals surface area contributed by atoms with Gasteiger partial charge in [-0.05, 0) is 72.6 Å². The van der Waals surface area contributed by atoms with Crippen LogP contribution in [0.4, 0.5) is 51.2 Å². The zero-order chi connectivity index (χ0) is 56.6. The van der Waals surface area contributed by atoms with Crippen LogP contribution >= 0.6 is 12.4 Å². The number of nitro groups is 3. The number of likely N-dealkylation sites (N-methyl/N-ethyl adjacent to an activating group) is 2. The molecule has 2 aliphatic rings. The molecule has 0 amide bonds. The van der Waals surface area contributed by atoms with Crippen molar-refractivity contribution in [2.24, 2.45) is 15.6 Å². The van der Waals surface area contributed by atoms with Crippen molar-refractivity contribution >= 4 is 87.5 Å². The SMILES string of the molecule is C=C1N(C)c2ccc(N=Nc3ccc(C(=O)O)cc3[N+](=O)[O-])cc2C1(C)C.C=C1N(C)c2ccccc2C1(C)C.CC(=O)[O-].Cl.N#[N+]c1ccc(C(=O)O)cc1[N+](=O)[O-].Nc1ccc(C(=O)O)cc1[N+](=O)[O-].O=N[O-].[Na+].[Na+]. The normalized spacial score (nSPS) is 12.3. The van der Waals surface area contributed by atoms with Crippen LogP contribution in [0, 0.1) is 45.9 Å². The molecular weight excluding hydrogens is 1060 g/mol. The first-order valence-electron chi connectivity index (χ1n) is 20.7. The number of hydrogen-bond donors (Lipinski definition) is 4. The number of carbonyl (C=O) groups is 4. The van der Waals surface area contributed by atoms with E-state index in [-0.39, 0.29) is 122 Å². The van der Waals surface area contributed by atoms with Gasteiger partial charge in [-0.3, -0.25) is 30.3 Å². The summed E-state index contributed by atoms with van der Waals surface area (Å²) in [5.74, 6) is -4.83. The third-order valence-electron chi connectivity index (χ3n) is 10.9. The molecule has 0 atom stereocenters. The molecule has 27 nitrogen and oxygen atoms in total. The molecule has 5 aromatic rings. The number of aliphatic carboxylic acids is 1. The van der Waals surface area contributed by atoms with E-state index in [0.29, 0.717) is 5.69 Å². The van der Waals surface area contributed by atoms with Crippen molar-refractivity contribution in [2.45, 2.75) is 45.4 Å². The standard InChI is InChI=1S/C19H18N4O4.C12H15N.C7H3N3O4.C7H6N2O4.C2H4O2.ClH.HNO2.2Na/c1-11-19(2,3)14-10-13(6-8-16(14)22(11)4)20-21-15-7-5-12(18(24)25)9-17(15)23(26)27;1-9-12(2,3)10-7-5-6-8-11(10)13(9)4;8-9-5-2-1-4(7(11)12)3-6(5)10(13)14;8-5-2-1-4(7(10)11)3-6(5)9(12)13;1-2(3)4;;2-1-3;;/h5-10H,1H2,2-4H3,(H,24,25);5-8H,1H2,2-4H3;1-3H;1-3H,8H2,(H,10,11);1H3,(H,3,4);1H;(H,2,3);;/q;;;;;;;2*+1/p-1. The first kappa shape index (κ1) is 70.8. The Morgan fingerprint density at radius 3 is 1.47 bits per heavy atom. The van der Waals surface area contributed by atoms with Crippen molar-refractivity contribution in [3.63, 3.8) is 0 Å². The fraction of sp³-hybridized carbons (Fsp3) is 0.191. The van der Waals surface area contributed by atoms with Gasteiger partial charge in [0, 0.05) is 77.9 Å². The summed E-state index contributed by atoms with van der Waals surface area (Å²) < 4.78 is 0. The summed E-state index contributed by atoms with van der Waals surface area (Å²) in [7, 11) is 4.03. The van der Waals surface area contributed by atoms with E-state index in [2.05, 4.69) is 92.3 Å². The van der Waals surface area contributed by atoms with Crippen LogP contribution in [0.1, 0.15) is 76.8 Å². The number of nitrogen functional groups attached to an aromatic ring is 1. The van der Waals surface area contributed by atoms with Gasteiger partial charge in [-0.15, -0.1) is 22.9 Å². The number of rotatable bonds is 8. The maximum atomic E-state index is 11.2. The van der Waals surface area contributed by atoms with Gasteiger partial charge in [-0.25, -0.2) is 14.4 Å². The number of hydrogen-bond acceptors (Lipinski definition) is 20. The van der Waals surface area contributed by atoms with Crippen LogP contribution < -0.4 is 79.8 Å². The van der Waals surface area contributed by atoms with Crippen molar-refractivity contribution in [3.8, 4) is 0 Å². The maximum Gasteiger partial charge on any atom is 1.00 e. The Morgan fingerprint density at radius 2 is 1.04 bits per heavy atom. The number of carboxylic acids is 4. The van der Waals surface area contributed by atoms with Gasteiger partial charge >= 0.3 is 88.4 Å². The predicted molar refractivity (Wildman–Crippen MR) is 275 cm³/mol.